The number of furan rings is 1. The summed E-state index contributed by atoms with van der Waals surface area (Å²) in [6.45, 7) is 5.07. The molecule has 3 rings (SSSR count). The van der Waals surface area contributed by atoms with Crippen molar-refractivity contribution in [2.45, 2.75) is 32.7 Å². The standard InChI is InChI=1S/C16H17ClN2O/c1-3-11(2)16-18-14-9-12(17)6-7-15(14)19(16)10-13-5-4-8-20-13/h4-9,11H,3,10H2,1-2H3. The molecule has 0 amide bonds. The number of rotatable bonds is 4. The van der Waals surface area contributed by atoms with Crippen molar-refractivity contribution in [2.75, 3.05) is 0 Å². The number of hydrogen-bond acceptors (Lipinski definition) is 2. The minimum atomic E-state index is 0.399. The van der Waals surface area contributed by atoms with Crippen molar-refractivity contribution in [2.24, 2.45) is 0 Å². The Morgan fingerprint density at radius 1 is 1.35 bits per heavy atom. The Kier molecular flexibility index (Phi) is 3.53. The van der Waals surface area contributed by atoms with E-state index >= 15 is 0 Å². The van der Waals surface area contributed by atoms with Gasteiger partial charge in [0, 0.05) is 10.9 Å². The van der Waals surface area contributed by atoms with Crippen LogP contribution in [0.4, 0.5) is 0 Å². The summed E-state index contributed by atoms with van der Waals surface area (Å²) in [5.41, 5.74) is 2.04. The molecule has 0 saturated carbocycles. The molecule has 0 aliphatic heterocycles. The van der Waals surface area contributed by atoms with E-state index in [0.29, 0.717) is 12.5 Å². The van der Waals surface area contributed by atoms with Gasteiger partial charge in [-0.05, 0) is 36.8 Å². The first-order valence-corrected chi connectivity index (χ1v) is 7.25. The van der Waals surface area contributed by atoms with Crippen molar-refractivity contribution >= 4 is 22.6 Å². The molecule has 1 aromatic carbocycles. The third-order valence-electron chi connectivity index (χ3n) is 3.69. The highest BCUT2D eigenvalue weighted by Crippen LogP contribution is 2.27. The van der Waals surface area contributed by atoms with Crippen molar-refractivity contribution in [1.82, 2.24) is 9.55 Å². The lowest BCUT2D eigenvalue weighted by Gasteiger charge is -2.12. The molecular weight excluding hydrogens is 272 g/mol. The van der Waals surface area contributed by atoms with E-state index < -0.39 is 0 Å². The second-order valence-corrected chi connectivity index (χ2v) is 5.51. The fourth-order valence-corrected chi connectivity index (χ4v) is 2.57. The quantitative estimate of drug-likeness (QED) is 0.687. The van der Waals surface area contributed by atoms with Crippen LogP contribution in [0.5, 0.6) is 0 Å². The molecule has 4 heteroatoms. The van der Waals surface area contributed by atoms with Gasteiger partial charge in [-0.15, -0.1) is 0 Å². The van der Waals surface area contributed by atoms with Gasteiger partial charge in [-0.3, -0.25) is 0 Å². The Morgan fingerprint density at radius 3 is 2.90 bits per heavy atom. The summed E-state index contributed by atoms with van der Waals surface area (Å²) in [4.78, 5) is 4.76. The van der Waals surface area contributed by atoms with E-state index in [9.17, 15) is 0 Å². The fraction of sp³-hybridized carbons (Fsp3) is 0.312. The number of halogens is 1. The summed E-state index contributed by atoms with van der Waals surface area (Å²) < 4.78 is 7.69. The molecular formula is C16H17ClN2O. The lowest BCUT2D eigenvalue weighted by Crippen LogP contribution is -2.07. The summed E-state index contributed by atoms with van der Waals surface area (Å²) >= 11 is 6.07. The number of benzene rings is 1. The minimum absolute atomic E-state index is 0.399. The summed E-state index contributed by atoms with van der Waals surface area (Å²) in [7, 11) is 0. The molecule has 0 aliphatic carbocycles. The number of hydrogen-bond donors (Lipinski definition) is 0. The Bertz CT molecular complexity index is 715. The maximum atomic E-state index is 6.07. The SMILES string of the molecule is CCC(C)c1nc2cc(Cl)ccc2n1Cc1ccco1. The van der Waals surface area contributed by atoms with E-state index in [1.165, 1.54) is 0 Å². The maximum Gasteiger partial charge on any atom is 0.123 e. The predicted octanol–water partition coefficient (Wildman–Crippen LogP) is 4.84. The third-order valence-corrected chi connectivity index (χ3v) is 3.92. The molecule has 0 saturated heterocycles. The Hall–Kier alpha value is -1.74. The van der Waals surface area contributed by atoms with E-state index in [0.717, 1.165) is 34.1 Å². The van der Waals surface area contributed by atoms with Gasteiger partial charge in [-0.25, -0.2) is 4.98 Å². The molecule has 104 valence electrons. The molecule has 3 nitrogen and oxygen atoms in total. The van der Waals surface area contributed by atoms with E-state index in [4.69, 9.17) is 21.0 Å². The van der Waals surface area contributed by atoms with Crippen LogP contribution in [-0.4, -0.2) is 9.55 Å². The Labute approximate surface area is 123 Å². The first-order valence-electron chi connectivity index (χ1n) is 6.87. The molecule has 3 aromatic rings. The third kappa shape index (κ3) is 2.34. The molecule has 1 unspecified atom stereocenters. The van der Waals surface area contributed by atoms with E-state index in [2.05, 4.69) is 18.4 Å². The molecule has 0 aliphatic rings. The number of nitrogens with zero attached hydrogens (tertiary/aromatic N) is 2. The lowest BCUT2D eigenvalue weighted by molar-refractivity contribution is 0.486. The van der Waals surface area contributed by atoms with Crippen LogP contribution in [0.25, 0.3) is 11.0 Å². The van der Waals surface area contributed by atoms with E-state index in [1.807, 2.05) is 30.3 Å². The van der Waals surface area contributed by atoms with Gasteiger partial charge in [-0.1, -0.05) is 25.4 Å². The monoisotopic (exact) mass is 288 g/mol. The summed E-state index contributed by atoms with van der Waals surface area (Å²) in [6, 6.07) is 9.75. The van der Waals surface area contributed by atoms with Crippen LogP contribution in [0, 0.1) is 0 Å². The predicted molar refractivity (Wildman–Crippen MR) is 81.3 cm³/mol. The molecule has 0 N–H and O–H groups in total. The molecule has 20 heavy (non-hydrogen) atoms. The van der Waals surface area contributed by atoms with E-state index in [1.54, 1.807) is 6.26 Å². The lowest BCUT2D eigenvalue weighted by atomic mass is 10.1. The van der Waals surface area contributed by atoms with Gasteiger partial charge in [0.1, 0.15) is 11.6 Å². The molecule has 0 fully saturated rings. The molecule has 0 radical (unpaired) electrons. The minimum Gasteiger partial charge on any atom is -0.467 e. The molecule has 2 heterocycles. The summed E-state index contributed by atoms with van der Waals surface area (Å²) in [6.07, 6.45) is 2.75. The topological polar surface area (TPSA) is 31.0 Å². The zero-order valence-electron chi connectivity index (χ0n) is 11.6. The fourth-order valence-electron chi connectivity index (χ4n) is 2.40. The van der Waals surface area contributed by atoms with Gasteiger partial charge >= 0.3 is 0 Å². The highest BCUT2D eigenvalue weighted by molar-refractivity contribution is 6.31. The van der Waals surface area contributed by atoms with Gasteiger partial charge < -0.3 is 8.98 Å². The first kappa shape index (κ1) is 13.3. The van der Waals surface area contributed by atoms with Crippen LogP contribution >= 0.6 is 11.6 Å². The van der Waals surface area contributed by atoms with Crippen molar-refractivity contribution in [3.05, 3.63) is 53.2 Å². The molecule has 0 bridgehead atoms. The van der Waals surface area contributed by atoms with Crippen molar-refractivity contribution in [3.8, 4) is 0 Å². The van der Waals surface area contributed by atoms with Crippen LogP contribution in [0.15, 0.2) is 41.0 Å². The number of fused-ring (bicyclic) bond motifs is 1. The van der Waals surface area contributed by atoms with Gasteiger partial charge in [0.05, 0.1) is 23.8 Å². The van der Waals surface area contributed by atoms with Crippen LogP contribution in [-0.2, 0) is 6.54 Å². The van der Waals surface area contributed by atoms with Crippen LogP contribution < -0.4 is 0 Å². The normalized spacial score (nSPS) is 12.9. The number of imidazole rings is 1. The second-order valence-electron chi connectivity index (χ2n) is 5.08. The van der Waals surface area contributed by atoms with Crippen molar-refractivity contribution in [3.63, 3.8) is 0 Å². The highest BCUT2D eigenvalue weighted by atomic mass is 35.5. The zero-order valence-corrected chi connectivity index (χ0v) is 12.4. The average Bonchev–Trinajstić information content (AvgIpc) is 3.06. The summed E-state index contributed by atoms with van der Waals surface area (Å²) in [5.74, 6) is 2.42. The highest BCUT2D eigenvalue weighted by Gasteiger charge is 2.16. The molecule has 0 spiro atoms. The van der Waals surface area contributed by atoms with Crippen molar-refractivity contribution < 1.29 is 4.42 Å². The van der Waals surface area contributed by atoms with Crippen molar-refractivity contribution in [1.29, 1.82) is 0 Å². The zero-order chi connectivity index (χ0) is 14.1. The van der Waals surface area contributed by atoms with Crippen LogP contribution in [0.1, 0.15) is 37.8 Å². The Morgan fingerprint density at radius 2 is 2.20 bits per heavy atom. The summed E-state index contributed by atoms with van der Waals surface area (Å²) in [5, 5.41) is 0.718. The van der Waals surface area contributed by atoms with Crippen LogP contribution in [0.2, 0.25) is 5.02 Å². The van der Waals surface area contributed by atoms with E-state index in [-0.39, 0.29) is 0 Å². The smallest absolute Gasteiger partial charge is 0.123 e. The maximum absolute atomic E-state index is 6.07. The van der Waals surface area contributed by atoms with Gasteiger partial charge in [0.25, 0.3) is 0 Å². The average molecular weight is 289 g/mol. The Balaban J connectivity index is 2.15. The van der Waals surface area contributed by atoms with Gasteiger partial charge in [0.2, 0.25) is 0 Å². The number of aromatic nitrogens is 2. The molecule has 1 atom stereocenters. The molecule has 2 aromatic heterocycles. The first-order chi connectivity index (χ1) is 9.69. The van der Waals surface area contributed by atoms with Gasteiger partial charge in [-0.2, -0.15) is 0 Å². The van der Waals surface area contributed by atoms with Crippen LogP contribution in [0.3, 0.4) is 0 Å². The van der Waals surface area contributed by atoms with Gasteiger partial charge in [0.15, 0.2) is 0 Å². The largest absolute Gasteiger partial charge is 0.467 e. The second kappa shape index (κ2) is 5.33.